The van der Waals surface area contributed by atoms with Gasteiger partial charge in [0, 0.05) is 0 Å². The molecule has 0 aliphatic carbocycles. The summed E-state index contributed by atoms with van der Waals surface area (Å²) in [4.78, 5) is 15.7. The predicted molar refractivity (Wildman–Crippen MR) is 54.9 cm³/mol. The molecule has 0 amide bonds. The Morgan fingerprint density at radius 2 is 2.27 bits per heavy atom. The minimum absolute atomic E-state index is 0.0828. The van der Waals surface area contributed by atoms with Crippen molar-refractivity contribution >= 4 is 10.9 Å². The molecule has 2 aromatic rings. The molecule has 1 heterocycles. The summed E-state index contributed by atoms with van der Waals surface area (Å²) in [5, 5.41) is 0.245. The molecule has 0 aliphatic rings. The summed E-state index contributed by atoms with van der Waals surface area (Å²) < 4.78 is 14.5. The number of rotatable bonds is 1. The van der Waals surface area contributed by atoms with Gasteiger partial charge in [-0.05, 0) is 19.1 Å². The van der Waals surface area contributed by atoms with Crippen LogP contribution in [0.25, 0.3) is 10.9 Å². The molecule has 2 rings (SSSR count). The fourth-order valence-corrected chi connectivity index (χ4v) is 1.42. The van der Waals surface area contributed by atoms with Crippen LogP contribution in [0.15, 0.2) is 29.3 Å². The first-order chi connectivity index (χ1) is 7.11. The number of nitrogens with zero attached hydrogens (tertiary/aromatic N) is 2. The van der Waals surface area contributed by atoms with Crippen LogP contribution in [0.1, 0.15) is 13.1 Å². The molecule has 78 valence electrons. The number of benzene rings is 1. The number of aromatic nitrogens is 2. The monoisotopic (exact) mass is 207 g/mol. The molecule has 0 bridgehead atoms. The molecule has 1 aromatic heterocycles. The maximum atomic E-state index is 13.3. The summed E-state index contributed by atoms with van der Waals surface area (Å²) in [5.41, 5.74) is 5.33. The summed E-state index contributed by atoms with van der Waals surface area (Å²) in [7, 11) is 0. The van der Waals surface area contributed by atoms with E-state index in [9.17, 15) is 9.18 Å². The van der Waals surface area contributed by atoms with Crippen molar-refractivity contribution in [3.8, 4) is 0 Å². The molecule has 4 nitrogen and oxygen atoms in total. The molecular formula is C10H10FN3O. The van der Waals surface area contributed by atoms with E-state index < -0.39 is 12.0 Å². The van der Waals surface area contributed by atoms with Crippen LogP contribution in [-0.2, 0) is 0 Å². The Morgan fingerprint density at radius 3 is 2.93 bits per heavy atom. The Labute approximate surface area is 85.2 Å². The van der Waals surface area contributed by atoms with E-state index in [1.807, 2.05) is 0 Å². The van der Waals surface area contributed by atoms with E-state index >= 15 is 0 Å². The van der Waals surface area contributed by atoms with Crippen LogP contribution in [0.2, 0.25) is 0 Å². The summed E-state index contributed by atoms with van der Waals surface area (Å²) in [6.45, 7) is 1.66. The van der Waals surface area contributed by atoms with E-state index in [4.69, 9.17) is 5.73 Å². The van der Waals surface area contributed by atoms with Crippen molar-refractivity contribution in [3.63, 3.8) is 0 Å². The van der Waals surface area contributed by atoms with Crippen molar-refractivity contribution in [2.45, 2.75) is 13.1 Å². The van der Waals surface area contributed by atoms with Gasteiger partial charge in [0.1, 0.15) is 11.3 Å². The molecule has 1 aromatic carbocycles. The van der Waals surface area contributed by atoms with Crippen LogP contribution in [0.3, 0.4) is 0 Å². The zero-order valence-electron chi connectivity index (χ0n) is 8.14. The zero-order chi connectivity index (χ0) is 11.0. The molecule has 0 fully saturated rings. The number of para-hydroxylation sites is 1. The lowest BCUT2D eigenvalue weighted by molar-refractivity contribution is 0.545. The lowest BCUT2D eigenvalue weighted by Crippen LogP contribution is -2.28. The maximum Gasteiger partial charge on any atom is 0.262 e. The number of hydrogen-bond donors (Lipinski definition) is 1. The van der Waals surface area contributed by atoms with Gasteiger partial charge in [-0.1, -0.05) is 6.07 Å². The van der Waals surface area contributed by atoms with Crippen LogP contribution >= 0.6 is 0 Å². The Kier molecular flexibility index (Phi) is 2.24. The highest BCUT2D eigenvalue weighted by atomic mass is 19.1. The molecule has 1 atom stereocenters. The molecule has 5 heteroatoms. The van der Waals surface area contributed by atoms with Crippen molar-refractivity contribution in [2.24, 2.45) is 5.73 Å². The highest BCUT2D eigenvalue weighted by Gasteiger charge is 2.08. The van der Waals surface area contributed by atoms with Gasteiger partial charge in [0.05, 0.1) is 17.9 Å². The summed E-state index contributed by atoms with van der Waals surface area (Å²) in [5.74, 6) is -0.499. The quantitative estimate of drug-likeness (QED) is 0.759. The molecular weight excluding hydrogens is 197 g/mol. The van der Waals surface area contributed by atoms with E-state index in [-0.39, 0.29) is 16.5 Å². The van der Waals surface area contributed by atoms with Gasteiger partial charge in [0.2, 0.25) is 0 Å². The van der Waals surface area contributed by atoms with Gasteiger partial charge in [-0.2, -0.15) is 0 Å². The number of fused-ring (bicyclic) bond motifs is 1. The third kappa shape index (κ3) is 1.50. The smallest absolute Gasteiger partial charge is 0.262 e. The topological polar surface area (TPSA) is 60.9 Å². The Bertz CT molecular complexity index is 562. The fourth-order valence-electron chi connectivity index (χ4n) is 1.42. The predicted octanol–water partition coefficient (Wildman–Crippen LogP) is 1.01. The fraction of sp³-hybridized carbons (Fsp3) is 0.200. The van der Waals surface area contributed by atoms with Gasteiger partial charge >= 0.3 is 0 Å². The van der Waals surface area contributed by atoms with Gasteiger partial charge in [0.25, 0.3) is 5.56 Å². The molecule has 0 radical (unpaired) electrons. The molecule has 1 unspecified atom stereocenters. The standard InChI is InChI=1S/C10H10FN3O/c1-6(12)14-5-13-9-7(10(14)15)3-2-4-8(9)11/h2-6H,12H2,1H3. The van der Waals surface area contributed by atoms with Gasteiger partial charge in [0.15, 0.2) is 0 Å². The van der Waals surface area contributed by atoms with E-state index in [2.05, 4.69) is 4.98 Å². The van der Waals surface area contributed by atoms with E-state index in [0.717, 1.165) is 0 Å². The highest BCUT2D eigenvalue weighted by molar-refractivity contribution is 5.77. The number of nitrogens with two attached hydrogens (primary N) is 1. The lowest BCUT2D eigenvalue weighted by Gasteiger charge is -2.09. The van der Waals surface area contributed by atoms with Crippen molar-refractivity contribution in [1.29, 1.82) is 0 Å². The minimum Gasteiger partial charge on any atom is -0.311 e. The van der Waals surface area contributed by atoms with Crippen molar-refractivity contribution < 1.29 is 4.39 Å². The van der Waals surface area contributed by atoms with Crippen molar-refractivity contribution in [1.82, 2.24) is 9.55 Å². The Balaban J connectivity index is 2.86. The van der Waals surface area contributed by atoms with E-state index in [1.165, 1.54) is 29.1 Å². The van der Waals surface area contributed by atoms with E-state index in [1.54, 1.807) is 6.92 Å². The van der Waals surface area contributed by atoms with Crippen LogP contribution in [0.5, 0.6) is 0 Å². The summed E-state index contributed by atoms with van der Waals surface area (Å²) in [6, 6.07) is 4.28. The minimum atomic E-state index is -0.499. The average molecular weight is 207 g/mol. The Hall–Kier alpha value is -1.75. The number of hydrogen-bond acceptors (Lipinski definition) is 3. The molecule has 2 N–H and O–H groups in total. The SMILES string of the molecule is CC(N)n1cnc2c(F)cccc2c1=O. The lowest BCUT2D eigenvalue weighted by atomic mass is 10.2. The molecule has 0 spiro atoms. The largest absolute Gasteiger partial charge is 0.311 e. The third-order valence-corrected chi connectivity index (χ3v) is 2.20. The van der Waals surface area contributed by atoms with Crippen LogP contribution in [-0.4, -0.2) is 9.55 Å². The second-order valence-electron chi connectivity index (χ2n) is 3.33. The molecule has 15 heavy (non-hydrogen) atoms. The summed E-state index contributed by atoms with van der Waals surface area (Å²) >= 11 is 0. The zero-order valence-corrected chi connectivity index (χ0v) is 8.14. The van der Waals surface area contributed by atoms with Crippen LogP contribution in [0, 0.1) is 5.82 Å². The first kappa shape index (κ1) is 9.79. The maximum absolute atomic E-state index is 13.3. The third-order valence-electron chi connectivity index (χ3n) is 2.20. The van der Waals surface area contributed by atoms with Crippen molar-refractivity contribution in [2.75, 3.05) is 0 Å². The molecule has 0 aliphatic heterocycles. The van der Waals surface area contributed by atoms with Crippen LogP contribution in [0.4, 0.5) is 4.39 Å². The highest BCUT2D eigenvalue weighted by Crippen LogP contribution is 2.11. The second-order valence-corrected chi connectivity index (χ2v) is 3.33. The molecule has 0 saturated carbocycles. The first-order valence-electron chi connectivity index (χ1n) is 4.52. The van der Waals surface area contributed by atoms with Gasteiger partial charge < -0.3 is 5.73 Å². The van der Waals surface area contributed by atoms with Crippen molar-refractivity contribution in [3.05, 3.63) is 40.7 Å². The van der Waals surface area contributed by atoms with Gasteiger partial charge in [-0.3, -0.25) is 9.36 Å². The van der Waals surface area contributed by atoms with Gasteiger partial charge in [-0.25, -0.2) is 9.37 Å². The van der Waals surface area contributed by atoms with Gasteiger partial charge in [-0.15, -0.1) is 0 Å². The second kappa shape index (κ2) is 3.43. The molecule has 0 saturated heterocycles. The van der Waals surface area contributed by atoms with Crippen LogP contribution < -0.4 is 11.3 Å². The summed E-state index contributed by atoms with van der Waals surface area (Å²) in [6.07, 6.45) is 0.788. The number of halogens is 1. The average Bonchev–Trinajstić information content (AvgIpc) is 2.19. The van der Waals surface area contributed by atoms with E-state index in [0.29, 0.717) is 0 Å². The Morgan fingerprint density at radius 1 is 1.53 bits per heavy atom. The first-order valence-corrected chi connectivity index (χ1v) is 4.52. The normalized spacial score (nSPS) is 13.0.